The van der Waals surface area contributed by atoms with Gasteiger partial charge in [0.2, 0.25) is 0 Å². The van der Waals surface area contributed by atoms with Crippen LogP contribution in [0.15, 0.2) is 41.8 Å². The van der Waals surface area contributed by atoms with Crippen LogP contribution in [-0.2, 0) is 25.2 Å². The minimum absolute atomic E-state index is 0.0311. The molecule has 202 valence electrons. The van der Waals surface area contributed by atoms with Crippen molar-refractivity contribution in [1.29, 1.82) is 0 Å². The normalized spacial score (nSPS) is 22.3. The van der Waals surface area contributed by atoms with Crippen LogP contribution < -0.4 is 0 Å². The molecule has 0 N–H and O–H groups in total. The van der Waals surface area contributed by atoms with E-state index in [1.54, 1.807) is 38.3 Å². The zero-order valence-corrected chi connectivity index (χ0v) is 22.5. The highest BCUT2D eigenvalue weighted by Crippen LogP contribution is 2.52. The Balaban J connectivity index is 2.22. The van der Waals surface area contributed by atoms with Crippen LogP contribution in [0.1, 0.15) is 74.3 Å². The van der Waals surface area contributed by atoms with Crippen LogP contribution in [0.25, 0.3) is 0 Å². The van der Waals surface area contributed by atoms with Gasteiger partial charge in [-0.3, -0.25) is 9.59 Å². The first-order valence-electron chi connectivity index (χ1n) is 12.0. The van der Waals surface area contributed by atoms with Crippen LogP contribution in [0.4, 0.5) is 13.2 Å². The number of carbonyl (C=O) groups is 3. The SMILES string of the molecule is COC(=O)[C@]1(CC(C)C)C[C@H](C(=O)OC(C)(C)C)[C@H](c2cccs2)N1C(=O)c1ccc(C(F)(F)F)cc1. The summed E-state index contributed by atoms with van der Waals surface area (Å²) in [5.74, 6) is -2.89. The van der Waals surface area contributed by atoms with Crippen molar-refractivity contribution in [1.82, 2.24) is 4.90 Å². The molecule has 1 amide bonds. The Labute approximate surface area is 218 Å². The fourth-order valence-corrected chi connectivity index (χ4v) is 5.85. The molecule has 1 aromatic carbocycles. The summed E-state index contributed by atoms with van der Waals surface area (Å²) in [7, 11) is 1.21. The third-order valence-electron chi connectivity index (χ3n) is 6.21. The predicted octanol–water partition coefficient (Wildman–Crippen LogP) is 6.27. The molecule has 0 saturated carbocycles. The van der Waals surface area contributed by atoms with Gasteiger partial charge in [-0.25, -0.2) is 4.79 Å². The average molecular weight is 540 g/mol. The number of hydrogen-bond acceptors (Lipinski definition) is 6. The number of rotatable bonds is 6. The van der Waals surface area contributed by atoms with Gasteiger partial charge in [0.15, 0.2) is 0 Å². The highest BCUT2D eigenvalue weighted by molar-refractivity contribution is 7.10. The van der Waals surface area contributed by atoms with E-state index in [0.717, 1.165) is 24.3 Å². The monoisotopic (exact) mass is 539 g/mol. The number of carbonyl (C=O) groups excluding carboxylic acids is 3. The van der Waals surface area contributed by atoms with Crippen LogP contribution in [-0.4, -0.2) is 41.0 Å². The van der Waals surface area contributed by atoms with Crippen LogP contribution in [0.3, 0.4) is 0 Å². The second-order valence-corrected chi connectivity index (χ2v) is 11.7. The Kier molecular flexibility index (Phi) is 8.12. The molecule has 6 nitrogen and oxygen atoms in total. The van der Waals surface area contributed by atoms with Gasteiger partial charge in [0.1, 0.15) is 11.1 Å². The molecule has 1 aromatic heterocycles. The van der Waals surface area contributed by atoms with Crippen molar-refractivity contribution in [2.75, 3.05) is 7.11 Å². The fourth-order valence-electron chi connectivity index (χ4n) is 4.97. The maximum atomic E-state index is 14.1. The summed E-state index contributed by atoms with van der Waals surface area (Å²) >= 11 is 1.32. The molecule has 1 fully saturated rings. The molecule has 0 bridgehead atoms. The summed E-state index contributed by atoms with van der Waals surface area (Å²) in [6.07, 6.45) is -4.42. The zero-order valence-electron chi connectivity index (χ0n) is 21.7. The minimum Gasteiger partial charge on any atom is -0.467 e. The number of thiophene rings is 1. The van der Waals surface area contributed by atoms with E-state index < -0.39 is 52.7 Å². The summed E-state index contributed by atoms with van der Waals surface area (Å²) in [6.45, 7) is 8.95. The van der Waals surface area contributed by atoms with Crippen molar-refractivity contribution in [2.45, 2.75) is 70.8 Å². The molecule has 3 rings (SSSR count). The molecule has 37 heavy (non-hydrogen) atoms. The van der Waals surface area contributed by atoms with E-state index in [1.165, 1.54) is 23.3 Å². The summed E-state index contributed by atoms with van der Waals surface area (Å²) < 4.78 is 50.4. The van der Waals surface area contributed by atoms with Crippen molar-refractivity contribution in [3.63, 3.8) is 0 Å². The molecule has 2 aromatic rings. The lowest BCUT2D eigenvalue weighted by Gasteiger charge is -2.40. The molecule has 0 unspecified atom stereocenters. The van der Waals surface area contributed by atoms with Crippen molar-refractivity contribution in [2.24, 2.45) is 11.8 Å². The molecule has 1 aliphatic rings. The van der Waals surface area contributed by atoms with E-state index in [9.17, 15) is 27.6 Å². The Hall–Kier alpha value is -2.88. The van der Waals surface area contributed by atoms with E-state index >= 15 is 0 Å². The van der Waals surface area contributed by atoms with Gasteiger partial charge < -0.3 is 14.4 Å². The lowest BCUT2D eigenvalue weighted by atomic mass is 9.83. The summed E-state index contributed by atoms with van der Waals surface area (Å²) in [5, 5.41) is 1.79. The zero-order chi connectivity index (χ0) is 27.8. The van der Waals surface area contributed by atoms with Gasteiger partial charge in [0.25, 0.3) is 5.91 Å². The molecular formula is C27H32F3NO5S. The predicted molar refractivity (Wildman–Crippen MR) is 133 cm³/mol. The van der Waals surface area contributed by atoms with E-state index in [-0.39, 0.29) is 24.3 Å². The van der Waals surface area contributed by atoms with E-state index in [2.05, 4.69) is 0 Å². The number of alkyl halides is 3. The van der Waals surface area contributed by atoms with Crippen LogP contribution >= 0.6 is 11.3 Å². The first-order chi connectivity index (χ1) is 17.1. The van der Waals surface area contributed by atoms with Gasteiger partial charge in [-0.05, 0) is 75.2 Å². The molecule has 0 aliphatic carbocycles. The number of amides is 1. The largest absolute Gasteiger partial charge is 0.467 e. The molecule has 3 atom stereocenters. The average Bonchev–Trinajstić information content (AvgIpc) is 3.42. The third kappa shape index (κ3) is 6.00. The van der Waals surface area contributed by atoms with Crippen LogP contribution in [0.2, 0.25) is 0 Å². The number of nitrogens with zero attached hydrogens (tertiary/aromatic N) is 1. The van der Waals surface area contributed by atoms with E-state index in [1.807, 2.05) is 13.8 Å². The van der Waals surface area contributed by atoms with Gasteiger partial charge >= 0.3 is 18.1 Å². The third-order valence-corrected chi connectivity index (χ3v) is 7.15. The Bertz CT molecular complexity index is 1120. The van der Waals surface area contributed by atoms with Crippen molar-refractivity contribution in [3.8, 4) is 0 Å². The number of hydrogen-bond donors (Lipinski definition) is 0. The van der Waals surface area contributed by atoms with Crippen molar-refractivity contribution in [3.05, 3.63) is 57.8 Å². The quantitative estimate of drug-likeness (QED) is 0.405. The standard InChI is InChI=1S/C27H32F3NO5S/c1-16(2)14-26(24(34)35-6)15-19(23(33)36-25(3,4)5)21(20-8-7-13-37-20)31(26)22(32)17-9-11-18(12-10-17)27(28,29)30/h7-13,16,19,21H,14-15H2,1-6H3/t19-,21+,26-/m0/s1. The molecular weight excluding hydrogens is 507 g/mol. The Morgan fingerprint density at radius 1 is 1.11 bits per heavy atom. The van der Waals surface area contributed by atoms with Crippen LogP contribution in [0, 0.1) is 11.8 Å². The lowest BCUT2D eigenvalue weighted by molar-refractivity contribution is -0.160. The van der Waals surface area contributed by atoms with Crippen molar-refractivity contribution < 1.29 is 37.0 Å². The fraction of sp³-hybridized carbons (Fsp3) is 0.519. The first kappa shape index (κ1) is 28.7. The number of methoxy groups -OCH3 is 1. The minimum atomic E-state index is -4.57. The highest BCUT2D eigenvalue weighted by atomic mass is 32.1. The van der Waals surface area contributed by atoms with E-state index in [4.69, 9.17) is 9.47 Å². The number of esters is 2. The second kappa shape index (κ2) is 10.5. The summed E-state index contributed by atoms with van der Waals surface area (Å²) in [4.78, 5) is 43.0. The molecule has 2 heterocycles. The molecule has 0 spiro atoms. The Morgan fingerprint density at radius 3 is 2.19 bits per heavy atom. The lowest BCUT2D eigenvalue weighted by Crippen LogP contribution is -2.55. The van der Waals surface area contributed by atoms with Gasteiger partial charge in [0, 0.05) is 10.4 Å². The highest BCUT2D eigenvalue weighted by Gasteiger charge is 2.62. The van der Waals surface area contributed by atoms with Gasteiger partial charge in [-0.2, -0.15) is 13.2 Å². The molecule has 10 heteroatoms. The summed E-state index contributed by atoms with van der Waals surface area (Å²) in [5.41, 5.74) is -3.27. The molecule has 0 radical (unpaired) electrons. The number of halogens is 3. The summed E-state index contributed by atoms with van der Waals surface area (Å²) in [6, 6.07) is 6.51. The maximum absolute atomic E-state index is 14.1. The topological polar surface area (TPSA) is 72.9 Å². The number of ether oxygens (including phenoxy) is 2. The second-order valence-electron chi connectivity index (χ2n) is 10.7. The number of likely N-dealkylation sites (tertiary alicyclic amines) is 1. The Morgan fingerprint density at radius 2 is 1.73 bits per heavy atom. The first-order valence-corrected chi connectivity index (χ1v) is 12.8. The van der Waals surface area contributed by atoms with E-state index in [0.29, 0.717) is 4.88 Å². The van der Waals surface area contributed by atoms with Gasteiger partial charge in [0.05, 0.1) is 24.6 Å². The number of benzene rings is 1. The van der Waals surface area contributed by atoms with Gasteiger partial charge in [-0.1, -0.05) is 19.9 Å². The molecule has 1 saturated heterocycles. The van der Waals surface area contributed by atoms with Gasteiger partial charge in [-0.15, -0.1) is 11.3 Å². The smallest absolute Gasteiger partial charge is 0.416 e. The van der Waals surface area contributed by atoms with Crippen LogP contribution in [0.5, 0.6) is 0 Å². The molecule has 1 aliphatic heterocycles. The van der Waals surface area contributed by atoms with Crippen molar-refractivity contribution >= 4 is 29.2 Å². The maximum Gasteiger partial charge on any atom is 0.416 e.